The van der Waals surface area contributed by atoms with Crippen LogP contribution < -0.4 is 5.32 Å². The summed E-state index contributed by atoms with van der Waals surface area (Å²) in [6.45, 7) is 12.1. The number of hydrogen-bond acceptors (Lipinski definition) is 3. The van der Waals surface area contributed by atoms with Crippen LogP contribution in [0.25, 0.3) is 0 Å². The maximum Gasteiger partial charge on any atom is 0.0897 e. The van der Waals surface area contributed by atoms with Crippen molar-refractivity contribution >= 4 is 11.3 Å². The highest BCUT2D eigenvalue weighted by atomic mass is 32.1. The Bertz CT molecular complexity index is 312. The van der Waals surface area contributed by atoms with E-state index in [9.17, 15) is 0 Å². The monoisotopic (exact) mass is 240 g/mol. The molecule has 16 heavy (non-hydrogen) atoms. The van der Waals surface area contributed by atoms with E-state index >= 15 is 0 Å². The average Bonchev–Trinajstić information content (AvgIpc) is 2.57. The Hall–Kier alpha value is -0.410. The zero-order chi connectivity index (χ0) is 12.2. The van der Waals surface area contributed by atoms with Crippen molar-refractivity contribution in [3.05, 3.63) is 16.1 Å². The molecular formula is C13H24N2S. The van der Waals surface area contributed by atoms with Gasteiger partial charge in [-0.2, -0.15) is 0 Å². The molecule has 0 fully saturated rings. The summed E-state index contributed by atoms with van der Waals surface area (Å²) in [4.78, 5) is 4.49. The van der Waals surface area contributed by atoms with Crippen LogP contribution >= 0.6 is 11.3 Å². The highest BCUT2D eigenvalue weighted by molar-refractivity contribution is 7.09. The smallest absolute Gasteiger partial charge is 0.0897 e. The molecule has 0 aliphatic heterocycles. The summed E-state index contributed by atoms with van der Waals surface area (Å²) < 4.78 is 0. The molecule has 0 bridgehead atoms. The summed E-state index contributed by atoms with van der Waals surface area (Å²) in [6, 6.07) is 0. The van der Waals surface area contributed by atoms with Gasteiger partial charge in [0.2, 0.25) is 0 Å². The third kappa shape index (κ3) is 5.61. The largest absolute Gasteiger partial charge is 0.312 e. The third-order valence-electron chi connectivity index (χ3n) is 2.54. The van der Waals surface area contributed by atoms with Crippen molar-refractivity contribution in [3.63, 3.8) is 0 Å². The molecule has 1 N–H and O–H groups in total. The first-order chi connectivity index (χ1) is 7.37. The van der Waals surface area contributed by atoms with Crippen molar-refractivity contribution < 1.29 is 0 Å². The topological polar surface area (TPSA) is 24.9 Å². The Kier molecular flexibility index (Phi) is 4.93. The van der Waals surface area contributed by atoms with Crippen molar-refractivity contribution in [2.75, 3.05) is 6.54 Å². The molecule has 0 saturated heterocycles. The van der Waals surface area contributed by atoms with E-state index in [4.69, 9.17) is 0 Å². The minimum atomic E-state index is 0.228. The molecule has 0 amide bonds. The Balaban J connectivity index is 2.22. The Morgan fingerprint density at radius 2 is 2.12 bits per heavy atom. The summed E-state index contributed by atoms with van der Waals surface area (Å²) in [5.74, 6) is 0.709. The van der Waals surface area contributed by atoms with Gasteiger partial charge in [0.15, 0.2) is 0 Å². The van der Waals surface area contributed by atoms with E-state index in [1.165, 1.54) is 17.1 Å². The molecule has 1 aromatic rings. The van der Waals surface area contributed by atoms with Gasteiger partial charge in [0.1, 0.15) is 0 Å². The Morgan fingerprint density at radius 3 is 2.62 bits per heavy atom. The number of nitrogens with zero attached hydrogens (tertiary/aromatic N) is 1. The lowest BCUT2D eigenvalue weighted by Gasteiger charge is -2.23. The van der Waals surface area contributed by atoms with Crippen LogP contribution in [0.2, 0.25) is 0 Å². The van der Waals surface area contributed by atoms with Gasteiger partial charge in [-0.15, -0.1) is 11.3 Å². The normalized spacial score (nSPS) is 14.1. The lowest BCUT2D eigenvalue weighted by molar-refractivity contribution is 0.372. The summed E-state index contributed by atoms with van der Waals surface area (Å²) in [5.41, 5.74) is 1.48. The first-order valence-corrected chi connectivity index (χ1v) is 6.91. The molecule has 1 aromatic heterocycles. The van der Waals surface area contributed by atoms with Gasteiger partial charge >= 0.3 is 0 Å². The Morgan fingerprint density at radius 1 is 1.44 bits per heavy atom. The molecule has 0 aliphatic rings. The molecule has 3 heteroatoms. The number of hydrogen-bond donors (Lipinski definition) is 1. The van der Waals surface area contributed by atoms with Crippen LogP contribution in [0.3, 0.4) is 0 Å². The van der Waals surface area contributed by atoms with E-state index in [1.54, 1.807) is 11.3 Å². The summed E-state index contributed by atoms with van der Waals surface area (Å²) >= 11 is 1.75. The number of thiazole rings is 1. The minimum absolute atomic E-state index is 0.228. The number of aromatic nitrogens is 1. The van der Waals surface area contributed by atoms with Gasteiger partial charge in [-0.1, -0.05) is 6.92 Å². The molecule has 0 aliphatic carbocycles. The molecule has 92 valence electrons. The van der Waals surface area contributed by atoms with Gasteiger partial charge < -0.3 is 5.32 Å². The van der Waals surface area contributed by atoms with Crippen LogP contribution in [0, 0.1) is 12.8 Å². The molecule has 1 heterocycles. The van der Waals surface area contributed by atoms with Crippen molar-refractivity contribution in [2.24, 2.45) is 5.92 Å². The fourth-order valence-electron chi connectivity index (χ4n) is 1.50. The number of nitrogens with one attached hydrogen (secondary N) is 1. The lowest BCUT2D eigenvalue weighted by atomic mass is 10.0. The minimum Gasteiger partial charge on any atom is -0.312 e. The van der Waals surface area contributed by atoms with E-state index in [2.05, 4.69) is 50.3 Å². The van der Waals surface area contributed by atoms with Gasteiger partial charge in [-0.05, 0) is 53.0 Å². The zero-order valence-electron chi connectivity index (χ0n) is 11.1. The first-order valence-electron chi connectivity index (χ1n) is 6.03. The number of rotatable bonds is 5. The maximum atomic E-state index is 4.49. The quantitative estimate of drug-likeness (QED) is 0.853. The summed E-state index contributed by atoms with van der Waals surface area (Å²) in [6.07, 6.45) is 2.32. The molecule has 0 saturated carbocycles. The van der Waals surface area contributed by atoms with Gasteiger partial charge in [0.25, 0.3) is 0 Å². The second kappa shape index (κ2) is 5.78. The third-order valence-corrected chi connectivity index (χ3v) is 3.36. The highest BCUT2D eigenvalue weighted by Crippen LogP contribution is 2.13. The predicted molar refractivity (Wildman–Crippen MR) is 72.1 cm³/mol. The fourth-order valence-corrected chi connectivity index (χ4v) is 2.15. The summed E-state index contributed by atoms with van der Waals surface area (Å²) in [7, 11) is 0. The van der Waals surface area contributed by atoms with Crippen molar-refractivity contribution in [1.29, 1.82) is 0 Å². The van der Waals surface area contributed by atoms with Crippen LogP contribution in [0.15, 0.2) is 5.38 Å². The molecule has 0 aromatic carbocycles. The van der Waals surface area contributed by atoms with Gasteiger partial charge in [-0.25, -0.2) is 4.98 Å². The fraction of sp³-hybridized carbons (Fsp3) is 0.769. The molecule has 1 unspecified atom stereocenters. The first kappa shape index (κ1) is 13.7. The van der Waals surface area contributed by atoms with Gasteiger partial charge in [0, 0.05) is 10.9 Å². The van der Waals surface area contributed by atoms with E-state index < -0.39 is 0 Å². The standard InChI is InChI=1S/C13H24N2S/c1-10(8-14-13(3,4)5)6-7-12-9-16-11(2)15-12/h9-10,14H,6-8H2,1-5H3. The van der Waals surface area contributed by atoms with Gasteiger partial charge in [-0.3, -0.25) is 0 Å². The SMILES string of the molecule is Cc1nc(CCC(C)CNC(C)(C)C)cs1. The van der Waals surface area contributed by atoms with E-state index in [-0.39, 0.29) is 5.54 Å². The molecule has 0 radical (unpaired) electrons. The lowest BCUT2D eigenvalue weighted by Crippen LogP contribution is -2.38. The second-order valence-electron chi connectivity index (χ2n) is 5.63. The molecular weight excluding hydrogens is 216 g/mol. The van der Waals surface area contributed by atoms with E-state index in [0.29, 0.717) is 5.92 Å². The average molecular weight is 240 g/mol. The zero-order valence-corrected chi connectivity index (χ0v) is 11.9. The van der Waals surface area contributed by atoms with Crippen LogP contribution in [-0.4, -0.2) is 17.1 Å². The van der Waals surface area contributed by atoms with Crippen LogP contribution in [0.1, 0.15) is 44.8 Å². The highest BCUT2D eigenvalue weighted by Gasteiger charge is 2.11. The van der Waals surface area contributed by atoms with Crippen LogP contribution in [0.4, 0.5) is 0 Å². The predicted octanol–water partition coefficient (Wildman–Crippen LogP) is 3.41. The van der Waals surface area contributed by atoms with Crippen molar-refractivity contribution in [3.8, 4) is 0 Å². The summed E-state index contributed by atoms with van der Waals surface area (Å²) in [5, 5.41) is 6.90. The molecule has 1 atom stereocenters. The van der Waals surface area contributed by atoms with Crippen molar-refractivity contribution in [2.45, 2.75) is 53.0 Å². The molecule has 0 spiro atoms. The Labute approximate surface area is 103 Å². The van der Waals surface area contributed by atoms with Crippen LogP contribution in [-0.2, 0) is 6.42 Å². The molecule has 1 rings (SSSR count). The van der Waals surface area contributed by atoms with Gasteiger partial charge in [0.05, 0.1) is 10.7 Å². The van der Waals surface area contributed by atoms with E-state index in [0.717, 1.165) is 13.0 Å². The number of aryl methyl sites for hydroxylation is 2. The van der Waals surface area contributed by atoms with Crippen molar-refractivity contribution in [1.82, 2.24) is 10.3 Å². The van der Waals surface area contributed by atoms with E-state index in [1.807, 2.05) is 0 Å². The molecule has 2 nitrogen and oxygen atoms in total. The van der Waals surface area contributed by atoms with Crippen LogP contribution in [0.5, 0.6) is 0 Å². The maximum absolute atomic E-state index is 4.49. The second-order valence-corrected chi connectivity index (χ2v) is 6.69.